The second-order valence-electron chi connectivity index (χ2n) is 4.39. The number of hydrogen-bond acceptors (Lipinski definition) is 8. The van der Waals surface area contributed by atoms with Crippen LogP contribution < -0.4 is 21.9 Å². The fourth-order valence-corrected chi connectivity index (χ4v) is 2.16. The Morgan fingerprint density at radius 3 is 2.79 bits per heavy atom. The zero-order valence-electron chi connectivity index (χ0n) is 10.7. The maximum atomic E-state index is 8.73. The molecule has 0 bridgehead atoms. The highest BCUT2D eigenvalue weighted by Gasteiger charge is 2.21. The molecule has 8 heteroatoms. The molecule has 1 aromatic heterocycles. The van der Waals surface area contributed by atoms with E-state index >= 15 is 0 Å². The van der Waals surface area contributed by atoms with E-state index in [0.717, 1.165) is 31.7 Å². The molecule has 0 aromatic carbocycles. The van der Waals surface area contributed by atoms with Gasteiger partial charge in [-0.25, -0.2) is 5.84 Å². The Labute approximate surface area is 111 Å². The third-order valence-electron chi connectivity index (χ3n) is 3.09. The molecule has 0 amide bonds. The minimum Gasteiger partial charge on any atom is -0.394 e. The Balaban J connectivity index is 1.95. The van der Waals surface area contributed by atoms with Gasteiger partial charge in [0.2, 0.25) is 5.95 Å². The van der Waals surface area contributed by atoms with Gasteiger partial charge in [0.25, 0.3) is 0 Å². The average Bonchev–Trinajstić information content (AvgIpc) is 2.45. The lowest BCUT2D eigenvalue weighted by molar-refractivity contribution is 0.0158. The summed E-state index contributed by atoms with van der Waals surface area (Å²) in [6.07, 6.45) is 2.00. The molecule has 0 unspecified atom stereocenters. The van der Waals surface area contributed by atoms with E-state index in [1.54, 1.807) is 6.07 Å². The van der Waals surface area contributed by atoms with Crippen LogP contribution in [0.4, 0.5) is 17.6 Å². The highest BCUT2D eigenvalue weighted by Crippen LogP contribution is 2.22. The molecule has 8 nitrogen and oxygen atoms in total. The molecule has 0 radical (unpaired) electrons. The minimum absolute atomic E-state index is 0.0637. The number of anilines is 3. The first-order chi connectivity index (χ1) is 9.22. The van der Waals surface area contributed by atoms with Crippen LogP contribution in [-0.4, -0.2) is 47.5 Å². The molecule has 2 rings (SSSR count). The summed E-state index contributed by atoms with van der Waals surface area (Å²) in [5.74, 6) is 6.80. The van der Waals surface area contributed by atoms with Crippen molar-refractivity contribution in [1.29, 1.82) is 0 Å². The summed E-state index contributed by atoms with van der Waals surface area (Å²) in [5, 5.41) is 8.73. The summed E-state index contributed by atoms with van der Waals surface area (Å²) >= 11 is 0. The van der Waals surface area contributed by atoms with Crippen molar-refractivity contribution in [2.75, 3.05) is 42.4 Å². The summed E-state index contributed by atoms with van der Waals surface area (Å²) in [5.41, 5.74) is 8.11. The number of aliphatic hydroxyl groups excluding tert-OH is 1. The van der Waals surface area contributed by atoms with Crippen LogP contribution in [-0.2, 0) is 4.74 Å². The van der Waals surface area contributed by atoms with Gasteiger partial charge in [-0.15, -0.1) is 0 Å². The van der Waals surface area contributed by atoms with Crippen molar-refractivity contribution in [2.24, 2.45) is 5.84 Å². The summed E-state index contributed by atoms with van der Waals surface area (Å²) < 4.78 is 5.52. The highest BCUT2D eigenvalue weighted by molar-refractivity contribution is 5.52. The van der Waals surface area contributed by atoms with Gasteiger partial charge < -0.3 is 25.9 Å². The van der Waals surface area contributed by atoms with E-state index in [9.17, 15) is 0 Å². The average molecular weight is 268 g/mol. The lowest BCUT2D eigenvalue weighted by atomic mass is 10.1. The van der Waals surface area contributed by atoms with E-state index in [0.29, 0.717) is 12.4 Å². The molecule has 1 aliphatic heterocycles. The third-order valence-corrected chi connectivity index (χ3v) is 3.09. The standard InChI is InChI=1S/C11H20N6O2/c12-11-14-9(16-13)7-10(15-11)17-3-1-8(2-4-17)19-6-5-18/h7-8,18H,1-6,13H2,(H3,12,14,15,16). The summed E-state index contributed by atoms with van der Waals surface area (Å²) in [6.45, 7) is 2.12. The van der Waals surface area contributed by atoms with Gasteiger partial charge in [0.05, 0.1) is 19.3 Å². The monoisotopic (exact) mass is 268 g/mol. The SMILES string of the molecule is NNc1cc(N2CCC(OCCO)CC2)nc(N)n1. The van der Waals surface area contributed by atoms with Crippen LogP contribution in [0.1, 0.15) is 12.8 Å². The number of piperidine rings is 1. The van der Waals surface area contributed by atoms with Crippen LogP contribution >= 0.6 is 0 Å². The molecule has 0 spiro atoms. The molecule has 106 valence electrons. The molecule has 0 aliphatic carbocycles. The Kier molecular flexibility index (Phi) is 4.72. The molecule has 0 atom stereocenters. The summed E-state index contributed by atoms with van der Waals surface area (Å²) in [6, 6.07) is 1.77. The van der Waals surface area contributed by atoms with Crippen molar-refractivity contribution < 1.29 is 9.84 Å². The molecule has 1 aromatic rings. The lowest BCUT2D eigenvalue weighted by Crippen LogP contribution is -2.38. The number of nitrogen functional groups attached to an aromatic ring is 2. The number of nitrogens with zero attached hydrogens (tertiary/aromatic N) is 3. The number of nitrogens with two attached hydrogens (primary N) is 2. The van der Waals surface area contributed by atoms with Crippen molar-refractivity contribution in [1.82, 2.24) is 9.97 Å². The van der Waals surface area contributed by atoms with Crippen molar-refractivity contribution in [3.63, 3.8) is 0 Å². The number of ether oxygens (including phenoxy) is 1. The fraction of sp³-hybridized carbons (Fsp3) is 0.636. The van der Waals surface area contributed by atoms with Gasteiger partial charge in [0.15, 0.2) is 0 Å². The van der Waals surface area contributed by atoms with Gasteiger partial charge in [-0.2, -0.15) is 9.97 Å². The molecule has 6 N–H and O–H groups in total. The van der Waals surface area contributed by atoms with Crippen molar-refractivity contribution in [3.8, 4) is 0 Å². The number of aromatic nitrogens is 2. The Morgan fingerprint density at radius 1 is 1.42 bits per heavy atom. The molecule has 0 saturated carbocycles. The number of rotatable bonds is 5. The van der Waals surface area contributed by atoms with Crippen LogP contribution in [0.25, 0.3) is 0 Å². The second kappa shape index (κ2) is 6.50. The van der Waals surface area contributed by atoms with Crippen LogP contribution in [0.3, 0.4) is 0 Å². The number of hydrazine groups is 1. The van der Waals surface area contributed by atoms with Crippen molar-refractivity contribution >= 4 is 17.6 Å². The summed E-state index contributed by atoms with van der Waals surface area (Å²) in [4.78, 5) is 10.3. The first-order valence-electron chi connectivity index (χ1n) is 6.31. The normalized spacial score (nSPS) is 16.6. The van der Waals surface area contributed by atoms with Gasteiger partial charge >= 0.3 is 0 Å². The molecule has 1 fully saturated rings. The lowest BCUT2D eigenvalue weighted by Gasteiger charge is -2.32. The maximum absolute atomic E-state index is 8.73. The predicted octanol–water partition coefficient (Wildman–Crippen LogP) is -0.678. The van der Waals surface area contributed by atoms with E-state index in [1.165, 1.54) is 0 Å². The van der Waals surface area contributed by atoms with Gasteiger partial charge in [0, 0.05) is 19.2 Å². The first-order valence-corrected chi connectivity index (χ1v) is 6.31. The van der Waals surface area contributed by atoms with E-state index in [4.69, 9.17) is 21.4 Å². The Morgan fingerprint density at radius 2 is 2.16 bits per heavy atom. The summed E-state index contributed by atoms with van der Waals surface area (Å²) in [7, 11) is 0. The van der Waals surface area contributed by atoms with E-state index in [-0.39, 0.29) is 18.7 Å². The molecular formula is C11H20N6O2. The van der Waals surface area contributed by atoms with Gasteiger partial charge in [-0.3, -0.25) is 0 Å². The van der Waals surface area contributed by atoms with E-state index in [2.05, 4.69) is 20.3 Å². The van der Waals surface area contributed by atoms with Crippen molar-refractivity contribution in [2.45, 2.75) is 18.9 Å². The van der Waals surface area contributed by atoms with E-state index in [1.807, 2.05) is 0 Å². The predicted molar refractivity (Wildman–Crippen MR) is 72.5 cm³/mol. The first kappa shape index (κ1) is 13.8. The Bertz CT molecular complexity index is 408. The van der Waals surface area contributed by atoms with E-state index < -0.39 is 0 Å². The minimum atomic E-state index is 0.0637. The number of aliphatic hydroxyl groups is 1. The maximum Gasteiger partial charge on any atom is 0.223 e. The third kappa shape index (κ3) is 3.66. The largest absolute Gasteiger partial charge is 0.394 e. The molecule has 1 aliphatic rings. The highest BCUT2D eigenvalue weighted by atomic mass is 16.5. The molecular weight excluding hydrogens is 248 g/mol. The smallest absolute Gasteiger partial charge is 0.223 e. The van der Waals surface area contributed by atoms with Gasteiger partial charge in [-0.1, -0.05) is 0 Å². The molecule has 2 heterocycles. The van der Waals surface area contributed by atoms with Crippen LogP contribution in [0.2, 0.25) is 0 Å². The van der Waals surface area contributed by atoms with Gasteiger partial charge in [-0.05, 0) is 12.8 Å². The van der Waals surface area contributed by atoms with Gasteiger partial charge in [0.1, 0.15) is 11.6 Å². The molecule has 1 saturated heterocycles. The van der Waals surface area contributed by atoms with Crippen molar-refractivity contribution in [3.05, 3.63) is 6.07 Å². The zero-order valence-corrected chi connectivity index (χ0v) is 10.7. The van der Waals surface area contributed by atoms with Crippen LogP contribution in [0.5, 0.6) is 0 Å². The number of nitrogens with one attached hydrogen (secondary N) is 1. The van der Waals surface area contributed by atoms with Crippen LogP contribution in [0, 0.1) is 0 Å². The number of hydrogen-bond donors (Lipinski definition) is 4. The Hall–Kier alpha value is -1.64. The topological polar surface area (TPSA) is 123 Å². The van der Waals surface area contributed by atoms with Crippen LogP contribution in [0.15, 0.2) is 6.07 Å². The fourth-order valence-electron chi connectivity index (χ4n) is 2.16. The second-order valence-corrected chi connectivity index (χ2v) is 4.39. The zero-order chi connectivity index (χ0) is 13.7. The quantitative estimate of drug-likeness (QED) is 0.409. The molecule has 19 heavy (non-hydrogen) atoms.